The summed E-state index contributed by atoms with van der Waals surface area (Å²) < 4.78 is 40.9. The van der Waals surface area contributed by atoms with E-state index in [0.717, 1.165) is 0 Å². The van der Waals surface area contributed by atoms with Crippen molar-refractivity contribution in [1.82, 2.24) is 9.97 Å². The molecule has 1 aliphatic rings. The van der Waals surface area contributed by atoms with Gasteiger partial charge in [-0.3, -0.25) is 4.79 Å². The zero-order chi connectivity index (χ0) is 15.9. The fourth-order valence-electron chi connectivity index (χ4n) is 2.06. The summed E-state index contributed by atoms with van der Waals surface area (Å²) in [5, 5.41) is 0. The van der Waals surface area contributed by atoms with Crippen molar-refractivity contribution in [2.45, 2.75) is 6.18 Å². The van der Waals surface area contributed by atoms with E-state index in [0.29, 0.717) is 18.4 Å². The second kappa shape index (κ2) is 4.90. The van der Waals surface area contributed by atoms with Crippen molar-refractivity contribution >= 4 is 23.6 Å². The summed E-state index contributed by atoms with van der Waals surface area (Å²) in [4.78, 5) is 19.4. The molecular formula is C14H10F3N4O+. The third-order valence-electron chi connectivity index (χ3n) is 3.15. The molecular weight excluding hydrogens is 297 g/mol. The highest BCUT2D eigenvalue weighted by atomic mass is 19.4. The molecule has 3 rings (SSSR count). The molecule has 2 heterocycles. The molecule has 22 heavy (non-hydrogen) atoms. The van der Waals surface area contributed by atoms with Crippen LogP contribution in [0.1, 0.15) is 21.6 Å². The Morgan fingerprint density at radius 3 is 2.59 bits per heavy atom. The molecule has 0 radical (unpaired) electrons. The van der Waals surface area contributed by atoms with Crippen LogP contribution in [0.15, 0.2) is 30.5 Å². The van der Waals surface area contributed by atoms with E-state index >= 15 is 0 Å². The summed E-state index contributed by atoms with van der Waals surface area (Å²) in [6.07, 6.45) is -2.40. The van der Waals surface area contributed by atoms with E-state index in [1.54, 1.807) is 22.8 Å². The van der Waals surface area contributed by atoms with Crippen LogP contribution in [0.25, 0.3) is 0 Å². The van der Waals surface area contributed by atoms with E-state index in [4.69, 9.17) is 5.73 Å². The minimum Gasteiger partial charge on any atom is -0.368 e. The largest absolute Gasteiger partial charge is 0.420 e. The van der Waals surface area contributed by atoms with Gasteiger partial charge < -0.3 is 5.73 Å². The highest BCUT2D eigenvalue weighted by Crippen LogP contribution is 2.33. The Labute approximate surface area is 122 Å². The van der Waals surface area contributed by atoms with Gasteiger partial charge in [-0.1, -0.05) is 12.1 Å². The Morgan fingerprint density at radius 2 is 1.95 bits per heavy atom. The standard InChI is InChI=1S/C14H10F3N4O/c15-14(16,17)9-7-19-13(18)20-11(9)12(22)8-3-1-2-4-10(8)21-5-6-21/h1-5,7H,6H2,(H2,18,19,20)/q+1. The third-order valence-corrected chi connectivity index (χ3v) is 3.15. The molecule has 0 fully saturated rings. The predicted molar refractivity (Wildman–Crippen MR) is 72.2 cm³/mol. The molecule has 0 atom stereocenters. The van der Waals surface area contributed by atoms with Gasteiger partial charge in [0.05, 0.1) is 5.56 Å². The van der Waals surface area contributed by atoms with Gasteiger partial charge in [0.25, 0.3) is 0 Å². The normalized spacial score (nSPS) is 13.7. The number of alkyl halides is 3. The molecule has 0 saturated carbocycles. The Balaban J connectivity index is 2.14. The molecule has 1 aliphatic heterocycles. The number of para-hydroxylation sites is 1. The van der Waals surface area contributed by atoms with Gasteiger partial charge in [0, 0.05) is 12.3 Å². The number of hydrogen-bond acceptors (Lipinski definition) is 4. The molecule has 0 bridgehead atoms. The number of halogens is 3. The first-order chi connectivity index (χ1) is 10.4. The molecule has 1 aromatic heterocycles. The van der Waals surface area contributed by atoms with Crippen molar-refractivity contribution in [1.29, 1.82) is 0 Å². The van der Waals surface area contributed by atoms with Crippen LogP contribution in [0.4, 0.5) is 24.8 Å². The van der Waals surface area contributed by atoms with E-state index in [9.17, 15) is 18.0 Å². The lowest BCUT2D eigenvalue weighted by atomic mass is 10.0. The van der Waals surface area contributed by atoms with Crippen molar-refractivity contribution in [2.75, 3.05) is 12.3 Å². The lowest BCUT2D eigenvalue weighted by Crippen LogP contribution is -2.18. The average Bonchev–Trinajstić information content (AvgIpc) is 3.29. The second-order valence-electron chi connectivity index (χ2n) is 4.67. The average molecular weight is 307 g/mol. The lowest BCUT2D eigenvalue weighted by molar-refractivity contribution is -0.341. The van der Waals surface area contributed by atoms with E-state index in [2.05, 4.69) is 9.97 Å². The molecule has 5 nitrogen and oxygen atoms in total. The highest BCUT2D eigenvalue weighted by molar-refractivity contribution is 6.11. The van der Waals surface area contributed by atoms with Gasteiger partial charge in [-0.2, -0.15) is 17.7 Å². The highest BCUT2D eigenvalue weighted by Gasteiger charge is 2.38. The van der Waals surface area contributed by atoms with Crippen LogP contribution in [-0.4, -0.2) is 33.1 Å². The second-order valence-corrected chi connectivity index (χ2v) is 4.67. The molecule has 1 aromatic carbocycles. The van der Waals surface area contributed by atoms with Crippen molar-refractivity contribution in [3.8, 4) is 0 Å². The lowest BCUT2D eigenvalue weighted by Gasteiger charge is -2.11. The molecule has 8 heteroatoms. The maximum absolute atomic E-state index is 13.0. The summed E-state index contributed by atoms with van der Waals surface area (Å²) in [6, 6.07) is 6.41. The maximum atomic E-state index is 13.0. The number of carbonyl (C=O) groups excluding carboxylic acids is 1. The molecule has 112 valence electrons. The van der Waals surface area contributed by atoms with Crippen molar-refractivity contribution in [2.24, 2.45) is 0 Å². The van der Waals surface area contributed by atoms with Crippen LogP contribution in [0.5, 0.6) is 0 Å². The minimum absolute atomic E-state index is 0.139. The van der Waals surface area contributed by atoms with Gasteiger partial charge in [0.2, 0.25) is 30.2 Å². The van der Waals surface area contributed by atoms with Crippen LogP contribution < -0.4 is 5.73 Å². The van der Waals surface area contributed by atoms with Crippen LogP contribution in [0, 0.1) is 0 Å². The summed E-state index contributed by atoms with van der Waals surface area (Å²) in [6.45, 7) is 0.641. The predicted octanol–water partition coefficient (Wildman–Crippen LogP) is 2.04. The zero-order valence-corrected chi connectivity index (χ0v) is 11.1. The van der Waals surface area contributed by atoms with Crippen LogP contribution in [0.3, 0.4) is 0 Å². The van der Waals surface area contributed by atoms with E-state index in [1.807, 2.05) is 6.21 Å². The number of carbonyl (C=O) groups is 1. The zero-order valence-electron chi connectivity index (χ0n) is 11.1. The maximum Gasteiger partial charge on any atom is 0.420 e. The molecule has 0 amide bonds. The van der Waals surface area contributed by atoms with Gasteiger partial charge in [0.15, 0.2) is 0 Å². The molecule has 2 N–H and O–H groups in total. The smallest absolute Gasteiger partial charge is 0.368 e. The minimum atomic E-state index is -4.74. The number of ketones is 1. The molecule has 0 spiro atoms. The SMILES string of the molecule is Nc1ncc(C(F)(F)F)c(C(=O)c2ccccc2[N+]2=CC2)n1. The number of aromatic nitrogens is 2. The van der Waals surface area contributed by atoms with E-state index in [-0.39, 0.29) is 11.5 Å². The van der Waals surface area contributed by atoms with Gasteiger partial charge in [-0.15, -0.1) is 0 Å². The molecule has 0 unspecified atom stereocenters. The first-order valence-corrected chi connectivity index (χ1v) is 6.31. The van der Waals surface area contributed by atoms with Crippen LogP contribution in [0.2, 0.25) is 0 Å². The summed E-state index contributed by atoms with van der Waals surface area (Å²) in [5.41, 5.74) is 4.08. The number of nitrogens with two attached hydrogens (primary N) is 1. The van der Waals surface area contributed by atoms with E-state index in [1.165, 1.54) is 6.07 Å². The van der Waals surface area contributed by atoms with Gasteiger partial charge in [-0.25, -0.2) is 9.97 Å². The summed E-state index contributed by atoms with van der Waals surface area (Å²) >= 11 is 0. The first kappa shape index (κ1) is 14.2. The Hall–Kier alpha value is -2.77. The van der Waals surface area contributed by atoms with Crippen molar-refractivity contribution in [3.05, 3.63) is 47.3 Å². The first-order valence-electron chi connectivity index (χ1n) is 6.31. The quantitative estimate of drug-likeness (QED) is 0.696. The topological polar surface area (TPSA) is 71.9 Å². The summed E-state index contributed by atoms with van der Waals surface area (Å²) in [7, 11) is 0. The molecule has 2 aromatic rings. The number of anilines is 1. The number of hydrogen-bond donors (Lipinski definition) is 1. The van der Waals surface area contributed by atoms with Crippen molar-refractivity contribution < 1.29 is 22.5 Å². The van der Waals surface area contributed by atoms with Crippen LogP contribution in [-0.2, 0) is 6.18 Å². The number of nitrogen functional groups attached to an aromatic ring is 1. The fourth-order valence-corrected chi connectivity index (χ4v) is 2.06. The Morgan fingerprint density at radius 1 is 1.27 bits per heavy atom. The monoisotopic (exact) mass is 307 g/mol. The Bertz CT molecular complexity index is 799. The van der Waals surface area contributed by atoms with Gasteiger partial charge in [-0.05, 0) is 6.07 Å². The number of benzene rings is 1. The van der Waals surface area contributed by atoms with Crippen LogP contribution >= 0.6 is 0 Å². The fraction of sp³-hybridized carbons (Fsp3) is 0.143. The summed E-state index contributed by atoms with van der Waals surface area (Å²) in [5.74, 6) is -1.22. The van der Waals surface area contributed by atoms with Crippen molar-refractivity contribution in [3.63, 3.8) is 0 Å². The van der Waals surface area contributed by atoms with Gasteiger partial charge in [0.1, 0.15) is 11.3 Å². The van der Waals surface area contributed by atoms with Gasteiger partial charge >= 0.3 is 6.18 Å². The number of nitrogens with zero attached hydrogens (tertiary/aromatic N) is 3. The third kappa shape index (κ3) is 2.54. The Kier molecular flexibility index (Phi) is 3.16. The number of rotatable bonds is 3. The molecule has 0 aliphatic carbocycles. The van der Waals surface area contributed by atoms with E-state index < -0.39 is 23.2 Å². The molecule has 0 saturated heterocycles.